The van der Waals surface area contributed by atoms with Crippen molar-refractivity contribution in [1.82, 2.24) is 4.98 Å². The summed E-state index contributed by atoms with van der Waals surface area (Å²) in [5, 5.41) is 0. The topological polar surface area (TPSA) is 51.4 Å². The Bertz CT molecular complexity index is 428. The number of hydrogen-bond acceptors (Lipinski definition) is 4. The van der Waals surface area contributed by atoms with Gasteiger partial charge in [-0.25, -0.2) is 0 Å². The molecule has 0 aromatic carbocycles. The summed E-state index contributed by atoms with van der Waals surface area (Å²) in [5.41, 5.74) is 6.49. The molecule has 1 fully saturated rings. The maximum atomic E-state index is 5.88. The molecule has 0 atom stereocenters. The molecule has 0 radical (unpaired) electrons. The van der Waals surface area contributed by atoms with Crippen LogP contribution in [0.5, 0.6) is 5.88 Å². The summed E-state index contributed by atoms with van der Waals surface area (Å²) in [6.07, 6.45) is 6.48. The lowest BCUT2D eigenvalue weighted by atomic mass is 9.84. The van der Waals surface area contributed by atoms with E-state index in [0.717, 1.165) is 11.7 Å². The second-order valence-electron chi connectivity index (χ2n) is 5.69. The molecule has 2 rings (SSSR count). The second kappa shape index (κ2) is 6.82. The number of nitrogens with zero attached hydrogens (tertiary/aromatic N) is 2. The zero-order valence-electron chi connectivity index (χ0n) is 12.9. The lowest BCUT2D eigenvalue weighted by Gasteiger charge is -2.35. The number of pyridine rings is 1. The molecular formula is C16H27N3O. The molecule has 20 heavy (non-hydrogen) atoms. The van der Waals surface area contributed by atoms with E-state index >= 15 is 0 Å². The normalized spacial score (nSPS) is 22.6. The Balaban J connectivity index is 2.05. The quantitative estimate of drug-likeness (QED) is 0.895. The van der Waals surface area contributed by atoms with Crippen LogP contribution in [0, 0.1) is 5.92 Å². The van der Waals surface area contributed by atoms with Crippen LogP contribution in [0.4, 0.5) is 11.5 Å². The molecule has 1 aliphatic carbocycles. The zero-order chi connectivity index (χ0) is 14.5. The van der Waals surface area contributed by atoms with Crippen molar-refractivity contribution in [3.05, 3.63) is 12.1 Å². The van der Waals surface area contributed by atoms with E-state index in [1.54, 1.807) is 0 Å². The number of anilines is 2. The molecule has 4 nitrogen and oxygen atoms in total. The van der Waals surface area contributed by atoms with Gasteiger partial charge in [-0.05, 0) is 50.7 Å². The molecular weight excluding hydrogens is 250 g/mol. The van der Waals surface area contributed by atoms with Gasteiger partial charge >= 0.3 is 0 Å². The summed E-state index contributed by atoms with van der Waals surface area (Å²) in [6.45, 7) is 4.83. The van der Waals surface area contributed by atoms with Crippen LogP contribution in [0.3, 0.4) is 0 Å². The highest BCUT2D eigenvalue weighted by atomic mass is 16.5. The van der Waals surface area contributed by atoms with E-state index in [2.05, 4.69) is 23.9 Å². The van der Waals surface area contributed by atoms with E-state index in [1.807, 2.05) is 19.1 Å². The van der Waals surface area contributed by atoms with Gasteiger partial charge in [0.2, 0.25) is 5.88 Å². The molecule has 0 saturated heterocycles. The van der Waals surface area contributed by atoms with Crippen molar-refractivity contribution >= 4 is 11.5 Å². The molecule has 4 heteroatoms. The Morgan fingerprint density at radius 1 is 1.25 bits per heavy atom. The van der Waals surface area contributed by atoms with Crippen LogP contribution in [-0.4, -0.2) is 24.7 Å². The summed E-state index contributed by atoms with van der Waals surface area (Å²) in [4.78, 5) is 6.84. The largest absolute Gasteiger partial charge is 0.476 e. The van der Waals surface area contributed by atoms with Crippen molar-refractivity contribution in [1.29, 1.82) is 0 Å². The third-order valence-corrected chi connectivity index (χ3v) is 4.46. The summed E-state index contributed by atoms with van der Waals surface area (Å²) in [6, 6.07) is 4.47. The lowest BCUT2D eigenvalue weighted by molar-refractivity contribution is 0.310. The highest BCUT2D eigenvalue weighted by Crippen LogP contribution is 2.31. The van der Waals surface area contributed by atoms with Gasteiger partial charge in [-0.15, -0.1) is 0 Å². The first kappa shape index (κ1) is 14.9. The van der Waals surface area contributed by atoms with Crippen molar-refractivity contribution in [3.8, 4) is 5.88 Å². The molecule has 1 aromatic heterocycles. The predicted molar refractivity (Wildman–Crippen MR) is 84.3 cm³/mol. The molecule has 0 bridgehead atoms. The van der Waals surface area contributed by atoms with Crippen LogP contribution >= 0.6 is 0 Å². The number of nitrogen functional groups attached to an aromatic ring is 1. The second-order valence-corrected chi connectivity index (χ2v) is 5.69. The van der Waals surface area contributed by atoms with Crippen LogP contribution in [0.2, 0.25) is 0 Å². The molecule has 0 amide bonds. The number of aromatic nitrogens is 1. The van der Waals surface area contributed by atoms with Crippen molar-refractivity contribution in [3.63, 3.8) is 0 Å². The number of ether oxygens (including phenoxy) is 1. The third kappa shape index (κ3) is 3.35. The number of hydrogen-bond donors (Lipinski definition) is 1. The van der Waals surface area contributed by atoms with Crippen molar-refractivity contribution in [2.75, 3.05) is 24.3 Å². The molecule has 1 saturated carbocycles. The highest BCUT2D eigenvalue weighted by Gasteiger charge is 2.24. The van der Waals surface area contributed by atoms with Crippen LogP contribution in [0.1, 0.15) is 46.0 Å². The minimum atomic E-state index is 0.555. The Hall–Kier alpha value is -1.45. The molecule has 1 aliphatic rings. The van der Waals surface area contributed by atoms with E-state index < -0.39 is 0 Å². The fourth-order valence-corrected chi connectivity index (χ4v) is 3.02. The SMILES string of the molecule is CCOc1nc(N(C)C2CCC(CC)CC2)ccc1N. The van der Waals surface area contributed by atoms with Crippen LogP contribution in [-0.2, 0) is 0 Å². The maximum Gasteiger partial charge on any atom is 0.239 e. The molecule has 2 N–H and O–H groups in total. The van der Waals surface area contributed by atoms with Gasteiger partial charge in [0.15, 0.2) is 0 Å². The van der Waals surface area contributed by atoms with Gasteiger partial charge < -0.3 is 15.4 Å². The van der Waals surface area contributed by atoms with Gasteiger partial charge in [0.25, 0.3) is 0 Å². The third-order valence-electron chi connectivity index (χ3n) is 4.46. The van der Waals surface area contributed by atoms with Crippen molar-refractivity contribution < 1.29 is 4.74 Å². The highest BCUT2D eigenvalue weighted by molar-refractivity contribution is 5.54. The van der Waals surface area contributed by atoms with E-state index in [0.29, 0.717) is 24.2 Å². The predicted octanol–water partition coefficient (Wildman–Crippen LogP) is 3.47. The smallest absolute Gasteiger partial charge is 0.239 e. The summed E-state index contributed by atoms with van der Waals surface area (Å²) >= 11 is 0. The van der Waals surface area contributed by atoms with Gasteiger partial charge in [-0.2, -0.15) is 4.98 Å². The summed E-state index contributed by atoms with van der Waals surface area (Å²) in [5.74, 6) is 2.43. The summed E-state index contributed by atoms with van der Waals surface area (Å²) in [7, 11) is 2.13. The van der Waals surface area contributed by atoms with Gasteiger partial charge in [0, 0.05) is 13.1 Å². The minimum Gasteiger partial charge on any atom is -0.476 e. The van der Waals surface area contributed by atoms with Crippen molar-refractivity contribution in [2.24, 2.45) is 5.92 Å². The minimum absolute atomic E-state index is 0.555. The van der Waals surface area contributed by atoms with E-state index in [9.17, 15) is 0 Å². The average molecular weight is 277 g/mol. The molecule has 1 aromatic rings. The van der Waals surface area contributed by atoms with E-state index in [-0.39, 0.29) is 0 Å². The summed E-state index contributed by atoms with van der Waals surface area (Å²) < 4.78 is 5.49. The first-order valence-electron chi connectivity index (χ1n) is 7.77. The lowest BCUT2D eigenvalue weighted by Crippen LogP contribution is -2.35. The molecule has 1 heterocycles. The standard InChI is InChI=1S/C16H27N3O/c1-4-12-6-8-13(9-7-12)19(3)15-11-10-14(17)16(18-15)20-5-2/h10-13H,4-9,17H2,1-3H3. The number of rotatable bonds is 5. The Morgan fingerprint density at radius 2 is 1.95 bits per heavy atom. The average Bonchev–Trinajstić information content (AvgIpc) is 2.49. The molecule has 0 unspecified atom stereocenters. The fourth-order valence-electron chi connectivity index (χ4n) is 3.02. The first-order chi connectivity index (χ1) is 9.65. The molecule has 0 spiro atoms. The first-order valence-corrected chi connectivity index (χ1v) is 7.77. The zero-order valence-corrected chi connectivity index (χ0v) is 12.9. The van der Waals surface area contributed by atoms with Crippen LogP contribution in [0.15, 0.2) is 12.1 Å². The van der Waals surface area contributed by atoms with E-state index in [1.165, 1.54) is 32.1 Å². The molecule has 112 valence electrons. The molecule has 0 aliphatic heterocycles. The Labute approximate surface area is 122 Å². The van der Waals surface area contributed by atoms with Crippen LogP contribution < -0.4 is 15.4 Å². The van der Waals surface area contributed by atoms with Gasteiger partial charge in [0.05, 0.1) is 12.3 Å². The van der Waals surface area contributed by atoms with Crippen LogP contribution in [0.25, 0.3) is 0 Å². The number of nitrogens with two attached hydrogens (primary N) is 1. The Morgan fingerprint density at radius 3 is 2.55 bits per heavy atom. The Kier molecular flexibility index (Phi) is 5.10. The fraction of sp³-hybridized carbons (Fsp3) is 0.688. The van der Waals surface area contributed by atoms with Gasteiger partial charge in [-0.3, -0.25) is 0 Å². The van der Waals surface area contributed by atoms with Crippen molar-refractivity contribution in [2.45, 2.75) is 52.0 Å². The maximum absolute atomic E-state index is 5.88. The van der Waals surface area contributed by atoms with Gasteiger partial charge in [0.1, 0.15) is 5.82 Å². The van der Waals surface area contributed by atoms with E-state index in [4.69, 9.17) is 10.5 Å². The van der Waals surface area contributed by atoms with Gasteiger partial charge in [-0.1, -0.05) is 13.3 Å². The monoisotopic (exact) mass is 277 g/mol.